The van der Waals surface area contributed by atoms with E-state index in [9.17, 15) is 18.3 Å². The van der Waals surface area contributed by atoms with Crippen LogP contribution in [0.3, 0.4) is 0 Å². The van der Waals surface area contributed by atoms with Crippen LogP contribution in [0.1, 0.15) is 13.8 Å². The second-order valence-corrected chi connectivity index (χ2v) is 4.98. The first-order chi connectivity index (χ1) is 7.16. The molecule has 0 radical (unpaired) electrons. The van der Waals surface area contributed by atoms with Gasteiger partial charge in [-0.1, -0.05) is 0 Å². The first kappa shape index (κ1) is 13.7. The highest BCUT2D eigenvalue weighted by Crippen LogP contribution is 2.18. The summed E-state index contributed by atoms with van der Waals surface area (Å²) in [6.45, 7) is 5.08. The summed E-state index contributed by atoms with van der Waals surface area (Å²) in [5.41, 5.74) is -0.786. The van der Waals surface area contributed by atoms with E-state index in [1.54, 1.807) is 13.8 Å². The average molecular weight is 240 g/mol. The highest BCUT2D eigenvalue weighted by molar-refractivity contribution is 4.78. The number of piperazine rings is 1. The average Bonchev–Trinajstić information content (AvgIpc) is 2.03. The Morgan fingerprint density at radius 2 is 1.31 bits per heavy atom. The summed E-state index contributed by atoms with van der Waals surface area (Å²) in [6.07, 6.45) is -4.11. The Morgan fingerprint density at radius 1 is 0.938 bits per heavy atom. The molecule has 0 aromatic heterocycles. The van der Waals surface area contributed by atoms with Crippen molar-refractivity contribution < 1.29 is 18.3 Å². The van der Waals surface area contributed by atoms with Crippen LogP contribution in [0, 0.1) is 0 Å². The summed E-state index contributed by atoms with van der Waals surface area (Å²) in [6, 6.07) is 0. The molecule has 0 aromatic carbocycles. The normalized spacial score (nSPS) is 21.4. The van der Waals surface area contributed by atoms with Crippen molar-refractivity contribution in [3.63, 3.8) is 0 Å². The molecule has 0 bridgehead atoms. The third-order valence-corrected chi connectivity index (χ3v) is 2.48. The lowest BCUT2D eigenvalue weighted by Crippen LogP contribution is -2.52. The minimum Gasteiger partial charge on any atom is -0.389 e. The fraction of sp³-hybridized carbons (Fsp3) is 1.00. The summed E-state index contributed by atoms with van der Waals surface area (Å²) in [5.74, 6) is 0. The Labute approximate surface area is 93.8 Å². The van der Waals surface area contributed by atoms with Crippen molar-refractivity contribution >= 4 is 0 Å². The van der Waals surface area contributed by atoms with Crippen LogP contribution in [0.4, 0.5) is 13.2 Å². The summed E-state index contributed by atoms with van der Waals surface area (Å²) in [5, 5.41) is 9.59. The van der Waals surface area contributed by atoms with Crippen LogP contribution in [0.2, 0.25) is 0 Å². The maximum Gasteiger partial charge on any atom is 0.401 e. The molecule has 1 aliphatic heterocycles. The van der Waals surface area contributed by atoms with Crippen molar-refractivity contribution in [1.29, 1.82) is 0 Å². The van der Waals surface area contributed by atoms with Crippen LogP contribution in [0.25, 0.3) is 0 Å². The van der Waals surface area contributed by atoms with E-state index in [0.717, 1.165) is 0 Å². The zero-order valence-corrected chi connectivity index (χ0v) is 9.72. The number of hydrogen-bond donors (Lipinski definition) is 1. The van der Waals surface area contributed by atoms with Crippen molar-refractivity contribution in [2.24, 2.45) is 0 Å². The van der Waals surface area contributed by atoms with Gasteiger partial charge in [-0.15, -0.1) is 0 Å². The van der Waals surface area contributed by atoms with E-state index in [-0.39, 0.29) is 0 Å². The number of hydrogen-bond acceptors (Lipinski definition) is 3. The molecule has 16 heavy (non-hydrogen) atoms. The Morgan fingerprint density at radius 3 is 1.62 bits per heavy atom. The number of halogens is 3. The van der Waals surface area contributed by atoms with E-state index in [0.29, 0.717) is 32.7 Å². The molecule has 1 saturated heterocycles. The maximum atomic E-state index is 12.1. The van der Waals surface area contributed by atoms with Crippen LogP contribution in [0.5, 0.6) is 0 Å². The van der Waals surface area contributed by atoms with Crippen LogP contribution >= 0.6 is 0 Å². The highest BCUT2D eigenvalue weighted by Gasteiger charge is 2.32. The zero-order chi connectivity index (χ0) is 12.4. The van der Waals surface area contributed by atoms with Gasteiger partial charge in [0.2, 0.25) is 0 Å². The molecule has 0 aliphatic carbocycles. The predicted molar refractivity (Wildman–Crippen MR) is 55.2 cm³/mol. The van der Waals surface area contributed by atoms with Gasteiger partial charge in [0.1, 0.15) is 0 Å². The topological polar surface area (TPSA) is 26.7 Å². The summed E-state index contributed by atoms with van der Waals surface area (Å²) in [7, 11) is 0. The molecule has 0 spiro atoms. The van der Waals surface area contributed by atoms with Gasteiger partial charge < -0.3 is 5.11 Å². The quantitative estimate of drug-likeness (QED) is 0.795. The minimum absolute atomic E-state index is 0.412. The number of nitrogens with zero attached hydrogens (tertiary/aromatic N) is 2. The molecule has 0 unspecified atom stereocenters. The lowest BCUT2D eigenvalue weighted by molar-refractivity contribution is -0.150. The SMILES string of the molecule is CC(C)(O)CN1CCN(CC(F)(F)F)CC1. The van der Waals surface area contributed by atoms with E-state index >= 15 is 0 Å². The van der Waals surface area contributed by atoms with Gasteiger partial charge in [-0.2, -0.15) is 13.2 Å². The van der Waals surface area contributed by atoms with Gasteiger partial charge in [0.05, 0.1) is 12.1 Å². The minimum atomic E-state index is -4.11. The Balaban J connectivity index is 2.29. The van der Waals surface area contributed by atoms with Gasteiger partial charge in [0.15, 0.2) is 0 Å². The van der Waals surface area contributed by atoms with Crippen LogP contribution < -0.4 is 0 Å². The number of β-amino-alcohol motifs (C(OH)–C–C–N with tert-alkyl or cyclic N) is 1. The van der Waals surface area contributed by atoms with E-state index in [1.165, 1.54) is 4.90 Å². The molecule has 0 saturated carbocycles. The van der Waals surface area contributed by atoms with Crippen molar-refractivity contribution in [3.8, 4) is 0 Å². The van der Waals surface area contributed by atoms with E-state index in [1.807, 2.05) is 4.90 Å². The van der Waals surface area contributed by atoms with Crippen LogP contribution in [-0.2, 0) is 0 Å². The van der Waals surface area contributed by atoms with Gasteiger partial charge in [-0.05, 0) is 13.8 Å². The molecular weight excluding hydrogens is 221 g/mol. The van der Waals surface area contributed by atoms with Gasteiger partial charge in [-0.25, -0.2) is 0 Å². The molecule has 3 nitrogen and oxygen atoms in total. The molecule has 1 N–H and O–H groups in total. The van der Waals surface area contributed by atoms with Crippen molar-refractivity contribution in [2.75, 3.05) is 39.3 Å². The number of alkyl halides is 3. The van der Waals surface area contributed by atoms with Gasteiger partial charge in [0.25, 0.3) is 0 Å². The molecule has 1 fully saturated rings. The van der Waals surface area contributed by atoms with Crippen molar-refractivity contribution in [3.05, 3.63) is 0 Å². The number of rotatable bonds is 3. The first-order valence-electron chi connectivity index (χ1n) is 5.40. The predicted octanol–water partition coefficient (Wildman–Crippen LogP) is 0.937. The smallest absolute Gasteiger partial charge is 0.389 e. The lowest BCUT2D eigenvalue weighted by Gasteiger charge is -2.37. The molecule has 1 heterocycles. The molecule has 0 amide bonds. The van der Waals surface area contributed by atoms with Gasteiger partial charge >= 0.3 is 6.18 Å². The zero-order valence-electron chi connectivity index (χ0n) is 9.72. The molecule has 0 aromatic rings. The molecule has 6 heteroatoms. The van der Waals surface area contributed by atoms with Crippen LogP contribution in [-0.4, -0.2) is 66.0 Å². The van der Waals surface area contributed by atoms with Gasteiger partial charge in [-0.3, -0.25) is 9.80 Å². The Kier molecular flexibility index (Phi) is 4.20. The Hall–Kier alpha value is -0.330. The number of aliphatic hydroxyl groups is 1. The summed E-state index contributed by atoms with van der Waals surface area (Å²) < 4.78 is 36.3. The van der Waals surface area contributed by atoms with Crippen molar-refractivity contribution in [1.82, 2.24) is 9.80 Å². The summed E-state index contributed by atoms with van der Waals surface area (Å²) in [4.78, 5) is 3.40. The second kappa shape index (κ2) is 4.89. The molecule has 96 valence electrons. The molecule has 1 rings (SSSR count). The third-order valence-electron chi connectivity index (χ3n) is 2.48. The molecular formula is C10H19F3N2O. The molecule has 0 atom stereocenters. The van der Waals surface area contributed by atoms with Crippen molar-refractivity contribution in [2.45, 2.75) is 25.6 Å². The fourth-order valence-corrected chi connectivity index (χ4v) is 1.91. The lowest BCUT2D eigenvalue weighted by atomic mass is 10.1. The Bertz CT molecular complexity index is 193. The van der Waals surface area contributed by atoms with E-state index < -0.39 is 18.3 Å². The van der Waals surface area contributed by atoms with E-state index in [4.69, 9.17) is 0 Å². The van der Waals surface area contributed by atoms with E-state index in [2.05, 4.69) is 0 Å². The monoisotopic (exact) mass is 240 g/mol. The van der Waals surface area contributed by atoms with Crippen LogP contribution in [0.15, 0.2) is 0 Å². The largest absolute Gasteiger partial charge is 0.401 e. The molecule has 1 aliphatic rings. The fourth-order valence-electron chi connectivity index (χ4n) is 1.91. The third kappa shape index (κ3) is 5.67. The first-order valence-corrected chi connectivity index (χ1v) is 5.40. The second-order valence-electron chi connectivity index (χ2n) is 4.98. The highest BCUT2D eigenvalue weighted by atomic mass is 19.4. The van der Waals surface area contributed by atoms with Gasteiger partial charge in [0, 0.05) is 32.7 Å². The maximum absolute atomic E-state index is 12.1. The summed E-state index contributed by atoms with van der Waals surface area (Å²) >= 11 is 0. The standard InChI is InChI=1S/C10H19F3N2O/c1-9(2,16)7-14-3-5-15(6-4-14)8-10(11,12)13/h16H,3-8H2,1-2H3.